The average molecular weight is 525 g/mol. The van der Waals surface area contributed by atoms with Crippen LogP contribution in [0.15, 0.2) is 60.7 Å². The van der Waals surface area contributed by atoms with Gasteiger partial charge in [-0.15, -0.1) is 0 Å². The van der Waals surface area contributed by atoms with Crippen LogP contribution in [-0.2, 0) is 5.54 Å². The van der Waals surface area contributed by atoms with E-state index in [1.54, 1.807) is 6.07 Å². The van der Waals surface area contributed by atoms with Crippen LogP contribution < -0.4 is 20.0 Å². The highest BCUT2D eigenvalue weighted by atomic mass is 16.5. The van der Waals surface area contributed by atoms with Gasteiger partial charge in [-0.05, 0) is 56.7 Å². The van der Waals surface area contributed by atoms with E-state index in [1.165, 1.54) is 17.9 Å². The average Bonchev–Trinajstić information content (AvgIpc) is 3.21. The van der Waals surface area contributed by atoms with Crippen molar-refractivity contribution < 1.29 is 19.4 Å². The van der Waals surface area contributed by atoms with E-state index in [1.807, 2.05) is 30.3 Å². The number of ether oxygens (including phenoxy) is 1. The van der Waals surface area contributed by atoms with Crippen molar-refractivity contribution in [2.75, 3.05) is 36.0 Å². The summed E-state index contributed by atoms with van der Waals surface area (Å²) in [4.78, 5) is 30.6. The summed E-state index contributed by atoms with van der Waals surface area (Å²) >= 11 is 0. The van der Waals surface area contributed by atoms with Gasteiger partial charge in [0.05, 0.1) is 0 Å². The molecule has 0 aliphatic carbocycles. The minimum atomic E-state index is -1.29. The quantitative estimate of drug-likeness (QED) is 0.457. The van der Waals surface area contributed by atoms with Gasteiger partial charge in [-0.2, -0.15) is 0 Å². The summed E-state index contributed by atoms with van der Waals surface area (Å²) in [5, 5.41) is 11.1. The second-order valence-corrected chi connectivity index (χ2v) is 10.9. The molecule has 0 unspecified atom stereocenters. The SMILES string of the molecule is O=C(O)NN1C(=O)c2ccccc2C12c1ccc(N3CCCCC3)cc1Oc1cc(N3CCCCC3)ccc12. The molecule has 200 valence electrons. The largest absolute Gasteiger partial charge is 0.464 e. The Morgan fingerprint density at radius 2 is 1.28 bits per heavy atom. The molecule has 3 aromatic rings. The van der Waals surface area contributed by atoms with Gasteiger partial charge in [0.25, 0.3) is 5.91 Å². The summed E-state index contributed by atoms with van der Waals surface area (Å²) in [6, 6.07) is 19.7. The Hall–Kier alpha value is -4.20. The summed E-state index contributed by atoms with van der Waals surface area (Å²) in [5.41, 5.74) is 6.13. The van der Waals surface area contributed by atoms with Gasteiger partial charge in [0.2, 0.25) is 0 Å². The lowest BCUT2D eigenvalue weighted by atomic mass is 9.75. The lowest BCUT2D eigenvalue weighted by Gasteiger charge is -2.44. The first-order valence-corrected chi connectivity index (χ1v) is 14.0. The van der Waals surface area contributed by atoms with Gasteiger partial charge in [-0.1, -0.05) is 30.3 Å². The third kappa shape index (κ3) is 3.65. The zero-order chi connectivity index (χ0) is 26.6. The molecule has 8 heteroatoms. The maximum absolute atomic E-state index is 13.8. The smallest absolute Gasteiger partial charge is 0.423 e. The van der Waals surface area contributed by atoms with Gasteiger partial charge in [-0.3, -0.25) is 4.79 Å². The van der Waals surface area contributed by atoms with Crippen molar-refractivity contribution in [2.24, 2.45) is 0 Å². The fourth-order valence-corrected chi connectivity index (χ4v) is 6.89. The fourth-order valence-electron chi connectivity index (χ4n) is 6.89. The third-order valence-corrected chi connectivity index (χ3v) is 8.67. The lowest BCUT2D eigenvalue weighted by Crippen LogP contribution is -2.55. The molecule has 1 spiro atoms. The molecular formula is C31H32N4O4. The molecular weight excluding hydrogens is 492 g/mol. The number of anilines is 2. The van der Waals surface area contributed by atoms with Crippen LogP contribution in [0.2, 0.25) is 0 Å². The van der Waals surface area contributed by atoms with Crippen molar-refractivity contribution >= 4 is 23.4 Å². The number of nitrogens with one attached hydrogen (secondary N) is 1. The molecule has 7 rings (SSSR count). The normalized spacial score (nSPS) is 19.3. The van der Waals surface area contributed by atoms with Gasteiger partial charge in [0.1, 0.15) is 17.0 Å². The number of nitrogens with zero attached hydrogens (tertiary/aromatic N) is 3. The number of piperidine rings is 2. The Kier molecular flexibility index (Phi) is 5.65. The van der Waals surface area contributed by atoms with Crippen LogP contribution >= 0.6 is 0 Å². The topological polar surface area (TPSA) is 85.3 Å². The van der Waals surface area contributed by atoms with E-state index in [-0.39, 0.29) is 5.91 Å². The van der Waals surface area contributed by atoms with Gasteiger partial charge in [0, 0.05) is 71.9 Å². The van der Waals surface area contributed by atoms with Crippen molar-refractivity contribution in [2.45, 2.75) is 44.1 Å². The third-order valence-electron chi connectivity index (χ3n) is 8.67. The van der Waals surface area contributed by atoms with Crippen LogP contribution in [0.5, 0.6) is 11.5 Å². The second kappa shape index (κ2) is 9.22. The number of carboxylic acid groups (broad SMARTS) is 1. The maximum atomic E-state index is 13.8. The number of fused-ring (bicyclic) bond motifs is 6. The van der Waals surface area contributed by atoms with E-state index in [9.17, 15) is 14.7 Å². The van der Waals surface area contributed by atoms with Crippen LogP contribution in [0.4, 0.5) is 16.2 Å². The highest BCUT2D eigenvalue weighted by molar-refractivity contribution is 6.03. The minimum Gasteiger partial charge on any atom is -0.464 e. The van der Waals surface area contributed by atoms with Crippen molar-refractivity contribution in [3.63, 3.8) is 0 Å². The molecule has 4 aliphatic rings. The van der Waals surface area contributed by atoms with Crippen molar-refractivity contribution in [1.82, 2.24) is 10.4 Å². The summed E-state index contributed by atoms with van der Waals surface area (Å²) in [5.74, 6) is 0.901. The van der Waals surface area contributed by atoms with E-state index in [0.717, 1.165) is 79.9 Å². The van der Waals surface area contributed by atoms with Crippen LogP contribution in [0, 0.1) is 0 Å². The first-order chi connectivity index (χ1) is 19.1. The fraction of sp³-hybridized carbons (Fsp3) is 0.355. The predicted octanol–water partition coefficient (Wildman–Crippen LogP) is 5.70. The molecule has 0 saturated carbocycles. The molecule has 4 heterocycles. The van der Waals surface area contributed by atoms with Crippen molar-refractivity contribution in [1.29, 1.82) is 0 Å². The van der Waals surface area contributed by atoms with E-state index in [2.05, 4.69) is 39.5 Å². The first kappa shape index (κ1) is 23.9. The van der Waals surface area contributed by atoms with Crippen LogP contribution in [0.3, 0.4) is 0 Å². The van der Waals surface area contributed by atoms with E-state index < -0.39 is 11.6 Å². The summed E-state index contributed by atoms with van der Waals surface area (Å²) in [6.07, 6.45) is 5.80. The number of hydrazine groups is 1. The molecule has 2 saturated heterocycles. The first-order valence-electron chi connectivity index (χ1n) is 14.0. The highest BCUT2D eigenvalue weighted by Gasteiger charge is 2.57. The maximum Gasteiger partial charge on any atom is 0.423 e. The summed E-state index contributed by atoms with van der Waals surface area (Å²) in [6.45, 7) is 3.97. The molecule has 39 heavy (non-hydrogen) atoms. The standard InChI is InChI=1S/C31H32N4O4/c36-29-23-9-3-4-10-24(23)31(35(29)32-30(37)38)25-13-11-21(33-15-5-1-6-16-33)19-27(25)39-28-20-22(12-14-26(28)31)34-17-7-2-8-18-34/h3-4,9-14,19-20,32H,1-2,5-8,15-18H2,(H,37,38). The molecule has 0 aromatic heterocycles. The Morgan fingerprint density at radius 1 is 0.744 bits per heavy atom. The van der Waals surface area contributed by atoms with Gasteiger partial charge in [-0.25, -0.2) is 15.2 Å². The number of carbonyl (C=O) groups excluding carboxylic acids is 1. The highest BCUT2D eigenvalue weighted by Crippen LogP contribution is 2.57. The minimum absolute atomic E-state index is 0.382. The van der Waals surface area contributed by atoms with Gasteiger partial charge in [0.15, 0.2) is 0 Å². The Bertz CT molecular complexity index is 1390. The van der Waals surface area contributed by atoms with E-state index in [0.29, 0.717) is 17.1 Å². The number of hydrogen-bond donors (Lipinski definition) is 2. The predicted molar refractivity (Wildman–Crippen MR) is 149 cm³/mol. The summed E-state index contributed by atoms with van der Waals surface area (Å²) in [7, 11) is 0. The molecule has 0 bridgehead atoms. The van der Waals surface area contributed by atoms with Gasteiger partial charge < -0.3 is 19.6 Å². The molecule has 2 amide bonds. The Morgan fingerprint density at radius 3 is 1.82 bits per heavy atom. The molecule has 0 atom stereocenters. The number of hydrogen-bond acceptors (Lipinski definition) is 5. The molecule has 2 fully saturated rings. The monoisotopic (exact) mass is 524 g/mol. The molecule has 8 nitrogen and oxygen atoms in total. The second-order valence-electron chi connectivity index (χ2n) is 10.9. The van der Waals surface area contributed by atoms with Crippen LogP contribution in [0.1, 0.15) is 65.6 Å². The van der Waals surface area contributed by atoms with Crippen molar-refractivity contribution in [3.05, 3.63) is 82.9 Å². The lowest BCUT2D eigenvalue weighted by molar-refractivity contribution is 0.0503. The van der Waals surface area contributed by atoms with E-state index in [4.69, 9.17) is 4.74 Å². The zero-order valence-electron chi connectivity index (χ0n) is 21.9. The van der Waals surface area contributed by atoms with Crippen molar-refractivity contribution in [3.8, 4) is 11.5 Å². The number of amides is 2. The molecule has 2 N–H and O–H groups in total. The number of rotatable bonds is 3. The number of carbonyl (C=O) groups is 2. The van der Waals surface area contributed by atoms with E-state index >= 15 is 0 Å². The number of benzene rings is 3. The molecule has 0 radical (unpaired) electrons. The zero-order valence-corrected chi connectivity index (χ0v) is 21.9. The molecule has 3 aromatic carbocycles. The van der Waals surface area contributed by atoms with Crippen LogP contribution in [0.25, 0.3) is 0 Å². The summed E-state index contributed by atoms with van der Waals surface area (Å²) < 4.78 is 6.66. The van der Waals surface area contributed by atoms with Crippen LogP contribution in [-0.4, -0.2) is 48.3 Å². The Balaban J connectivity index is 1.46. The van der Waals surface area contributed by atoms with Gasteiger partial charge >= 0.3 is 6.09 Å². The molecule has 4 aliphatic heterocycles. The Labute approximate surface area is 227 Å².